The number of halogens is 2. The van der Waals surface area contributed by atoms with Gasteiger partial charge in [0.05, 0.1) is 11.6 Å². The van der Waals surface area contributed by atoms with E-state index in [2.05, 4.69) is 14.9 Å². The Hall–Kier alpha value is -4.08. The molecule has 1 aliphatic heterocycles. The highest BCUT2D eigenvalue weighted by molar-refractivity contribution is 6.17. The molecule has 1 N–H and O–H groups in total. The molecule has 0 saturated carbocycles. The zero-order valence-corrected chi connectivity index (χ0v) is 18.5. The van der Waals surface area contributed by atoms with Crippen LogP contribution in [0.5, 0.6) is 5.75 Å². The standard InChI is InChI=1S/C24H21F2N3O5/c1-12(2)20(30)18-19(16-6-4-5-7-17(16)33-24(25)26)29(23(32)21(18)31)15-10-8-14(9-11-15)22-27-13(3)34-28-22/h4-12,19,24,31H,1-3H3. The number of aliphatic hydroxyl groups excluding tert-OH is 1. The van der Waals surface area contributed by atoms with E-state index in [1.807, 2.05) is 0 Å². The molecule has 1 atom stereocenters. The van der Waals surface area contributed by atoms with Gasteiger partial charge in [-0.05, 0) is 30.3 Å². The minimum Gasteiger partial charge on any atom is -0.503 e. The number of hydrogen-bond acceptors (Lipinski definition) is 7. The van der Waals surface area contributed by atoms with Crippen LogP contribution in [0.1, 0.15) is 31.3 Å². The van der Waals surface area contributed by atoms with Crippen LogP contribution in [0, 0.1) is 12.8 Å². The van der Waals surface area contributed by atoms with Crippen molar-refractivity contribution in [2.45, 2.75) is 33.4 Å². The third-order valence-electron chi connectivity index (χ3n) is 5.36. The summed E-state index contributed by atoms with van der Waals surface area (Å²) in [4.78, 5) is 31.5. The molecule has 176 valence electrons. The summed E-state index contributed by atoms with van der Waals surface area (Å²) in [5, 5.41) is 14.5. The van der Waals surface area contributed by atoms with Gasteiger partial charge in [0.2, 0.25) is 11.7 Å². The Bertz CT molecular complexity index is 1270. The summed E-state index contributed by atoms with van der Waals surface area (Å²) < 4.78 is 35.9. The molecular weight excluding hydrogens is 448 g/mol. The van der Waals surface area contributed by atoms with E-state index in [4.69, 9.17) is 4.52 Å². The molecule has 1 amide bonds. The Morgan fingerprint density at radius 2 is 1.82 bits per heavy atom. The van der Waals surface area contributed by atoms with Crippen LogP contribution < -0.4 is 9.64 Å². The summed E-state index contributed by atoms with van der Waals surface area (Å²) >= 11 is 0. The lowest BCUT2D eigenvalue weighted by atomic mass is 9.90. The molecule has 34 heavy (non-hydrogen) atoms. The number of aliphatic hydroxyl groups is 1. The summed E-state index contributed by atoms with van der Waals surface area (Å²) in [6, 6.07) is 11.1. The van der Waals surface area contributed by atoms with Gasteiger partial charge in [0, 0.05) is 29.7 Å². The van der Waals surface area contributed by atoms with Crippen LogP contribution in [0.15, 0.2) is 64.4 Å². The number of alkyl halides is 2. The maximum atomic E-state index is 13.2. The fourth-order valence-electron chi connectivity index (χ4n) is 3.83. The van der Waals surface area contributed by atoms with Gasteiger partial charge in [-0.1, -0.05) is 37.2 Å². The van der Waals surface area contributed by atoms with Crippen molar-refractivity contribution >= 4 is 17.4 Å². The highest BCUT2D eigenvalue weighted by atomic mass is 19.3. The first-order valence-corrected chi connectivity index (χ1v) is 10.4. The number of ketones is 1. The van der Waals surface area contributed by atoms with E-state index < -0.39 is 36.0 Å². The Morgan fingerprint density at radius 1 is 1.15 bits per heavy atom. The summed E-state index contributed by atoms with van der Waals surface area (Å²) in [6.07, 6.45) is 0. The number of Topliss-reactive ketones (excluding diaryl/α,β-unsaturated/α-hetero) is 1. The molecule has 0 saturated heterocycles. The van der Waals surface area contributed by atoms with Crippen LogP contribution >= 0.6 is 0 Å². The van der Waals surface area contributed by atoms with E-state index in [0.717, 1.165) is 0 Å². The van der Waals surface area contributed by atoms with E-state index in [1.165, 1.54) is 23.1 Å². The van der Waals surface area contributed by atoms with Crippen LogP contribution in [-0.2, 0) is 9.59 Å². The number of carbonyl (C=O) groups is 2. The molecule has 0 radical (unpaired) electrons. The average Bonchev–Trinajstić information content (AvgIpc) is 3.34. The third kappa shape index (κ3) is 4.14. The lowest BCUT2D eigenvalue weighted by molar-refractivity contribution is -0.119. The number of aryl methyl sites for hydroxylation is 1. The third-order valence-corrected chi connectivity index (χ3v) is 5.36. The first-order chi connectivity index (χ1) is 16.2. The van der Waals surface area contributed by atoms with Crippen molar-refractivity contribution < 1.29 is 32.7 Å². The molecule has 4 rings (SSSR count). The first kappa shape index (κ1) is 23.1. The predicted molar refractivity (Wildman–Crippen MR) is 117 cm³/mol. The fourth-order valence-corrected chi connectivity index (χ4v) is 3.83. The van der Waals surface area contributed by atoms with E-state index in [0.29, 0.717) is 23.0 Å². The van der Waals surface area contributed by atoms with Gasteiger partial charge in [0.25, 0.3) is 5.91 Å². The number of amides is 1. The van der Waals surface area contributed by atoms with Crippen LogP contribution in [-0.4, -0.2) is 33.5 Å². The number of para-hydroxylation sites is 1. The van der Waals surface area contributed by atoms with Crippen molar-refractivity contribution in [2.75, 3.05) is 4.90 Å². The van der Waals surface area contributed by atoms with Crippen LogP contribution in [0.2, 0.25) is 0 Å². The van der Waals surface area contributed by atoms with Gasteiger partial charge < -0.3 is 14.4 Å². The highest BCUT2D eigenvalue weighted by Gasteiger charge is 2.46. The summed E-state index contributed by atoms with van der Waals surface area (Å²) in [6.45, 7) is 1.77. The Morgan fingerprint density at radius 3 is 2.41 bits per heavy atom. The van der Waals surface area contributed by atoms with Gasteiger partial charge >= 0.3 is 6.61 Å². The molecule has 0 spiro atoms. The number of carbonyl (C=O) groups excluding carboxylic acids is 2. The van der Waals surface area contributed by atoms with E-state index in [1.54, 1.807) is 51.1 Å². The molecule has 0 bridgehead atoms. The molecule has 1 aromatic heterocycles. The molecule has 10 heteroatoms. The second kappa shape index (κ2) is 9.05. The van der Waals surface area contributed by atoms with Crippen molar-refractivity contribution in [3.8, 4) is 17.1 Å². The van der Waals surface area contributed by atoms with Gasteiger partial charge in [0.1, 0.15) is 5.75 Å². The Balaban J connectivity index is 1.83. The molecule has 0 fully saturated rings. The van der Waals surface area contributed by atoms with E-state index >= 15 is 0 Å². The number of nitrogens with zero attached hydrogens (tertiary/aromatic N) is 3. The van der Waals surface area contributed by atoms with E-state index in [-0.39, 0.29) is 16.9 Å². The minimum absolute atomic E-state index is 0.141. The SMILES string of the molecule is Cc1nc(-c2ccc(N3C(=O)C(O)=C(C(=O)C(C)C)C3c3ccccc3OC(F)F)cc2)no1. The number of benzene rings is 2. The molecular formula is C24H21F2N3O5. The molecule has 2 heterocycles. The maximum Gasteiger partial charge on any atom is 0.387 e. The largest absolute Gasteiger partial charge is 0.503 e. The maximum absolute atomic E-state index is 13.2. The topological polar surface area (TPSA) is 106 Å². The van der Waals surface area contributed by atoms with Crippen molar-refractivity contribution in [3.63, 3.8) is 0 Å². The molecule has 0 aliphatic carbocycles. The summed E-state index contributed by atoms with van der Waals surface area (Å²) in [5.74, 6) is -2.07. The predicted octanol–water partition coefficient (Wildman–Crippen LogP) is 4.77. The Labute approximate surface area is 193 Å². The van der Waals surface area contributed by atoms with Crippen molar-refractivity contribution in [2.24, 2.45) is 5.92 Å². The highest BCUT2D eigenvalue weighted by Crippen LogP contribution is 2.45. The van der Waals surface area contributed by atoms with E-state index in [9.17, 15) is 23.5 Å². The molecule has 2 aromatic carbocycles. The normalized spacial score (nSPS) is 16.1. The lowest BCUT2D eigenvalue weighted by Crippen LogP contribution is -2.31. The lowest BCUT2D eigenvalue weighted by Gasteiger charge is -2.28. The Kier molecular flexibility index (Phi) is 6.14. The molecule has 8 nitrogen and oxygen atoms in total. The zero-order chi connectivity index (χ0) is 24.6. The zero-order valence-electron chi connectivity index (χ0n) is 18.5. The van der Waals surface area contributed by atoms with Gasteiger partial charge in [0.15, 0.2) is 11.5 Å². The molecule has 1 unspecified atom stereocenters. The van der Waals surface area contributed by atoms with Crippen LogP contribution in [0.25, 0.3) is 11.4 Å². The number of ether oxygens (including phenoxy) is 1. The summed E-state index contributed by atoms with van der Waals surface area (Å²) in [7, 11) is 0. The first-order valence-electron chi connectivity index (χ1n) is 10.4. The smallest absolute Gasteiger partial charge is 0.387 e. The van der Waals surface area contributed by atoms with Gasteiger partial charge in [-0.15, -0.1) is 0 Å². The number of rotatable bonds is 7. The number of hydrogen-bond donors (Lipinski definition) is 1. The van der Waals surface area contributed by atoms with Crippen molar-refractivity contribution in [1.82, 2.24) is 10.1 Å². The molecule has 1 aliphatic rings. The fraction of sp³-hybridized carbons (Fsp3) is 0.250. The summed E-state index contributed by atoms with van der Waals surface area (Å²) in [5.41, 5.74) is 0.898. The number of anilines is 1. The quantitative estimate of drug-likeness (QED) is 0.531. The van der Waals surface area contributed by atoms with Gasteiger partial charge in [-0.3, -0.25) is 14.5 Å². The van der Waals surface area contributed by atoms with Crippen LogP contribution in [0.3, 0.4) is 0 Å². The second-order valence-corrected chi connectivity index (χ2v) is 7.96. The van der Waals surface area contributed by atoms with Crippen molar-refractivity contribution in [3.05, 3.63) is 71.3 Å². The molecule has 3 aromatic rings. The second-order valence-electron chi connectivity index (χ2n) is 7.96. The average molecular weight is 469 g/mol. The minimum atomic E-state index is -3.12. The van der Waals surface area contributed by atoms with Crippen molar-refractivity contribution in [1.29, 1.82) is 0 Å². The van der Waals surface area contributed by atoms with Crippen LogP contribution in [0.4, 0.5) is 14.5 Å². The monoisotopic (exact) mass is 469 g/mol. The number of aromatic nitrogens is 2. The van der Waals surface area contributed by atoms with Gasteiger partial charge in [-0.25, -0.2) is 0 Å². The van der Waals surface area contributed by atoms with Gasteiger partial charge in [-0.2, -0.15) is 13.8 Å².